The first-order valence-electron chi connectivity index (χ1n) is 9.99. The van der Waals surface area contributed by atoms with Crippen molar-refractivity contribution in [3.05, 3.63) is 33.9 Å². The third-order valence-corrected chi connectivity index (χ3v) is 6.04. The van der Waals surface area contributed by atoms with Crippen molar-refractivity contribution in [2.24, 2.45) is 5.92 Å². The van der Waals surface area contributed by atoms with E-state index in [4.69, 9.17) is 32.9 Å². The standard InChI is InChI=1S/C21H27Cl2N3O/c1-2-7-25-8-10-26(11-9-25)13-16-5-6-17-18(22)12-19(23)21(20(17)24-16)27-14-15-3-4-15/h5-6,12,15H,2-4,7-11,13-14H2,1H3. The first-order chi connectivity index (χ1) is 13.1. The van der Waals surface area contributed by atoms with E-state index < -0.39 is 0 Å². The maximum absolute atomic E-state index is 6.44. The van der Waals surface area contributed by atoms with Crippen LogP contribution in [0.1, 0.15) is 31.9 Å². The molecule has 4 rings (SSSR count). The van der Waals surface area contributed by atoms with Gasteiger partial charge in [-0.1, -0.05) is 30.1 Å². The minimum absolute atomic E-state index is 0.547. The Bertz CT molecular complexity index is 802. The minimum Gasteiger partial charge on any atom is -0.489 e. The lowest BCUT2D eigenvalue weighted by Crippen LogP contribution is -2.46. The quantitative estimate of drug-likeness (QED) is 0.655. The van der Waals surface area contributed by atoms with Gasteiger partial charge in [-0.25, -0.2) is 4.98 Å². The second kappa shape index (κ2) is 8.52. The van der Waals surface area contributed by atoms with Crippen molar-refractivity contribution in [3.63, 3.8) is 0 Å². The molecule has 0 spiro atoms. The molecule has 0 N–H and O–H groups in total. The molecule has 0 bridgehead atoms. The molecule has 1 aromatic heterocycles. The molecule has 2 aliphatic rings. The number of hydrogen-bond donors (Lipinski definition) is 0. The van der Waals surface area contributed by atoms with Crippen LogP contribution in [-0.4, -0.2) is 54.1 Å². The maximum Gasteiger partial charge on any atom is 0.164 e. The molecule has 1 aliphatic carbocycles. The average molecular weight is 408 g/mol. The summed E-state index contributed by atoms with van der Waals surface area (Å²) in [5.74, 6) is 1.34. The van der Waals surface area contributed by atoms with Crippen LogP contribution in [0, 0.1) is 5.92 Å². The lowest BCUT2D eigenvalue weighted by atomic mass is 10.1. The Morgan fingerprint density at radius 2 is 1.81 bits per heavy atom. The zero-order valence-corrected chi connectivity index (χ0v) is 17.4. The van der Waals surface area contributed by atoms with Gasteiger partial charge in [0.05, 0.1) is 22.3 Å². The van der Waals surface area contributed by atoms with E-state index in [1.807, 2.05) is 6.07 Å². The summed E-state index contributed by atoms with van der Waals surface area (Å²) in [4.78, 5) is 9.90. The van der Waals surface area contributed by atoms with Gasteiger partial charge in [0.1, 0.15) is 5.52 Å². The largest absolute Gasteiger partial charge is 0.489 e. The zero-order chi connectivity index (χ0) is 18.8. The van der Waals surface area contributed by atoms with Crippen molar-refractivity contribution >= 4 is 34.1 Å². The first kappa shape index (κ1) is 19.3. The van der Waals surface area contributed by atoms with Gasteiger partial charge >= 0.3 is 0 Å². The van der Waals surface area contributed by atoms with E-state index in [1.165, 1.54) is 25.8 Å². The molecule has 0 radical (unpaired) electrons. The molecule has 1 aromatic carbocycles. The molecule has 2 heterocycles. The van der Waals surface area contributed by atoms with Gasteiger partial charge in [0.15, 0.2) is 5.75 Å². The highest BCUT2D eigenvalue weighted by Gasteiger charge is 2.24. The molecule has 1 saturated carbocycles. The molecule has 6 heteroatoms. The highest BCUT2D eigenvalue weighted by atomic mass is 35.5. The summed E-state index contributed by atoms with van der Waals surface area (Å²) >= 11 is 12.8. The highest BCUT2D eigenvalue weighted by molar-refractivity contribution is 6.39. The summed E-state index contributed by atoms with van der Waals surface area (Å²) in [6.45, 7) is 9.43. The van der Waals surface area contributed by atoms with E-state index in [1.54, 1.807) is 6.07 Å². The number of aromatic nitrogens is 1. The Kier molecular flexibility index (Phi) is 6.08. The number of rotatable bonds is 7. The molecule has 1 aliphatic heterocycles. The predicted octanol–water partition coefficient (Wildman–Crippen LogP) is 4.86. The van der Waals surface area contributed by atoms with E-state index in [0.29, 0.717) is 28.3 Å². The van der Waals surface area contributed by atoms with E-state index in [0.717, 1.165) is 49.3 Å². The van der Waals surface area contributed by atoms with Crippen LogP contribution >= 0.6 is 23.2 Å². The lowest BCUT2D eigenvalue weighted by Gasteiger charge is -2.34. The Morgan fingerprint density at radius 1 is 1.07 bits per heavy atom. The topological polar surface area (TPSA) is 28.6 Å². The van der Waals surface area contributed by atoms with E-state index in [-0.39, 0.29) is 0 Å². The normalized spacial score (nSPS) is 18.9. The van der Waals surface area contributed by atoms with Gasteiger partial charge in [-0.2, -0.15) is 0 Å². The van der Waals surface area contributed by atoms with Crippen LogP contribution in [0.25, 0.3) is 10.9 Å². The van der Waals surface area contributed by atoms with Crippen molar-refractivity contribution in [1.82, 2.24) is 14.8 Å². The van der Waals surface area contributed by atoms with Gasteiger partial charge in [-0.05, 0) is 49.9 Å². The number of benzene rings is 1. The fraction of sp³-hybridized carbons (Fsp3) is 0.571. The Labute approximate surface area is 171 Å². The van der Waals surface area contributed by atoms with E-state index in [9.17, 15) is 0 Å². The average Bonchev–Trinajstić information content (AvgIpc) is 3.48. The van der Waals surface area contributed by atoms with Crippen molar-refractivity contribution in [2.45, 2.75) is 32.7 Å². The number of ether oxygens (including phenoxy) is 1. The molecule has 0 unspecified atom stereocenters. The molecule has 146 valence electrons. The monoisotopic (exact) mass is 407 g/mol. The van der Waals surface area contributed by atoms with Crippen LogP contribution in [0.4, 0.5) is 0 Å². The first-order valence-corrected chi connectivity index (χ1v) is 10.7. The third kappa shape index (κ3) is 4.68. The fourth-order valence-corrected chi connectivity index (χ4v) is 4.23. The van der Waals surface area contributed by atoms with Gasteiger partial charge < -0.3 is 9.64 Å². The Morgan fingerprint density at radius 3 is 2.52 bits per heavy atom. The van der Waals surface area contributed by atoms with Crippen LogP contribution in [0.5, 0.6) is 5.75 Å². The fourth-order valence-electron chi connectivity index (χ4n) is 3.66. The molecule has 0 atom stereocenters. The lowest BCUT2D eigenvalue weighted by molar-refractivity contribution is 0.126. The van der Waals surface area contributed by atoms with E-state index in [2.05, 4.69) is 22.8 Å². The number of hydrogen-bond acceptors (Lipinski definition) is 4. The Balaban J connectivity index is 1.52. The van der Waals surface area contributed by atoms with Crippen molar-refractivity contribution < 1.29 is 4.74 Å². The van der Waals surface area contributed by atoms with Gasteiger partial charge in [0.25, 0.3) is 0 Å². The molecule has 1 saturated heterocycles. The SMILES string of the molecule is CCCN1CCN(Cc2ccc3c(Cl)cc(Cl)c(OCC4CC4)c3n2)CC1. The summed E-state index contributed by atoms with van der Waals surface area (Å²) < 4.78 is 6.04. The van der Waals surface area contributed by atoms with Gasteiger partial charge in [0.2, 0.25) is 0 Å². The summed E-state index contributed by atoms with van der Waals surface area (Å²) in [7, 11) is 0. The summed E-state index contributed by atoms with van der Waals surface area (Å²) in [5, 5.41) is 2.08. The molecule has 27 heavy (non-hydrogen) atoms. The van der Waals surface area contributed by atoms with Gasteiger partial charge in [0, 0.05) is 38.1 Å². The van der Waals surface area contributed by atoms with Crippen LogP contribution in [0.2, 0.25) is 10.0 Å². The summed E-state index contributed by atoms with van der Waals surface area (Å²) in [6, 6.07) is 5.89. The number of halogens is 2. The summed E-state index contributed by atoms with van der Waals surface area (Å²) in [6.07, 6.45) is 3.70. The van der Waals surface area contributed by atoms with Crippen molar-refractivity contribution in [3.8, 4) is 5.75 Å². The molecule has 0 amide bonds. The molecule has 2 fully saturated rings. The highest BCUT2D eigenvalue weighted by Crippen LogP contribution is 2.39. The number of piperazine rings is 1. The molecular formula is C21H27Cl2N3O. The molecule has 4 nitrogen and oxygen atoms in total. The maximum atomic E-state index is 6.44. The molecule has 2 aromatic rings. The molecular weight excluding hydrogens is 381 g/mol. The summed E-state index contributed by atoms with van der Waals surface area (Å²) in [5.41, 5.74) is 1.83. The number of pyridine rings is 1. The van der Waals surface area contributed by atoms with Crippen LogP contribution in [-0.2, 0) is 6.54 Å². The van der Waals surface area contributed by atoms with Crippen molar-refractivity contribution in [2.75, 3.05) is 39.3 Å². The Hall–Kier alpha value is -1.07. The number of fused-ring (bicyclic) bond motifs is 1. The van der Waals surface area contributed by atoms with Crippen molar-refractivity contribution in [1.29, 1.82) is 0 Å². The predicted molar refractivity (Wildman–Crippen MR) is 112 cm³/mol. The van der Waals surface area contributed by atoms with Crippen LogP contribution in [0.15, 0.2) is 18.2 Å². The number of nitrogens with zero attached hydrogens (tertiary/aromatic N) is 3. The van der Waals surface area contributed by atoms with Gasteiger partial charge in [-0.15, -0.1) is 0 Å². The third-order valence-electron chi connectivity index (χ3n) is 5.45. The smallest absolute Gasteiger partial charge is 0.164 e. The second-order valence-electron chi connectivity index (χ2n) is 7.74. The van der Waals surface area contributed by atoms with Crippen LogP contribution < -0.4 is 4.74 Å². The van der Waals surface area contributed by atoms with E-state index >= 15 is 0 Å². The van der Waals surface area contributed by atoms with Gasteiger partial charge in [-0.3, -0.25) is 4.90 Å². The zero-order valence-electron chi connectivity index (χ0n) is 15.9. The second-order valence-corrected chi connectivity index (χ2v) is 8.55. The van der Waals surface area contributed by atoms with Crippen LogP contribution in [0.3, 0.4) is 0 Å². The minimum atomic E-state index is 0.547.